The second kappa shape index (κ2) is 52.0. The number of primary amides is 1. The number of benzene rings is 2. The number of aromatic amines is 1. The van der Waals surface area contributed by atoms with E-state index in [1.54, 1.807) is 43.5 Å². The number of H-pyrrole nitrogens is 1. The van der Waals surface area contributed by atoms with Crippen LogP contribution in [0.1, 0.15) is 173 Å². The molecule has 0 saturated carbocycles. The maximum atomic E-state index is 15.1. The first-order chi connectivity index (χ1) is 52.6. The number of amides is 11. The molecular weight excluding hydrogens is 1410 g/mol. The first-order valence-electron chi connectivity index (χ1n) is 38.8. The highest BCUT2D eigenvalue weighted by molar-refractivity contribution is 6.10. The summed E-state index contributed by atoms with van der Waals surface area (Å²) in [5.74, 6) is -10.1. The first-order valence-corrected chi connectivity index (χ1v) is 38.8. The van der Waals surface area contributed by atoms with Gasteiger partial charge in [-0.25, -0.2) is 0 Å². The van der Waals surface area contributed by atoms with E-state index in [2.05, 4.69) is 70.4 Å². The number of hydrogen-bond donors (Lipinski definition) is 17. The highest BCUT2D eigenvalue weighted by Gasteiger charge is 2.45. The van der Waals surface area contributed by atoms with E-state index < -0.39 is 146 Å². The van der Waals surface area contributed by atoms with E-state index in [0.29, 0.717) is 62.9 Å². The Labute approximate surface area is 638 Å². The molecule has 2 aromatic carbocycles. The fourth-order valence-electron chi connectivity index (χ4n) is 12.8. The van der Waals surface area contributed by atoms with Gasteiger partial charge in [0, 0.05) is 75.4 Å². The summed E-state index contributed by atoms with van der Waals surface area (Å²) in [6.07, 6.45) is 15.0. The van der Waals surface area contributed by atoms with Crippen molar-refractivity contribution in [3.05, 3.63) is 71.9 Å². The highest BCUT2D eigenvalue weighted by atomic mass is 16.5. The zero-order valence-electron chi connectivity index (χ0n) is 63.5. The van der Waals surface area contributed by atoms with Crippen LogP contribution in [-0.2, 0) is 84.6 Å². The Bertz CT molecular complexity index is 3350. The predicted octanol–water partition coefficient (Wildman–Crippen LogP) is 0.346. The molecule has 3 aromatic rings. The monoisotopic (exact) mass is 1530 g/mol. The zero-order chi connectivity index (χ0) is 79.1. The molecule has 0 bridgehead atoms. The van der Waals surface area contributed by atoms with Crippen LogP contribution in [0.15, 0.2) is 60.8 Å². The van der Waals surface area contributed by atoms with Crippen molar-refractivity contribution >= 4 is 87.6 Å². The number of nitrogens with one attached hydrogen (secondary N) is 13. The van der Waals surface area contributed by atoms with E-state index in [0.717, 1.165) is 35.1 Å². The molecule has 606 valence electrons. The number of unbranched alkanes of at least 4 members (excludes halogenated alkanes) is 11. The Morgan fingerprint density at radius 2 is 1.22 bits per heavy atom. The number of fused-ring (bicyclic) bond motifs is 2. The Morgan fingerprint density at radius 3 is 1.90 bits per heavy atom. The molecule has 19 N–H and O–H groups in total. The number of para-hydroxylation sites is 1. The van der Waals surface area contributed by atoms with Gasteiger partial charge in [0.1, 0.15) is 55.5 Å². The molecule has 2 saturated heterocycles. The molecule has 2 aliphatic heterocycles. The van der Waals surface area contributed by atoms with Crippen molar-refractivity contribution in [2.75, 3.05) is 85.5 Å². The number of carbonyl (C=O) groups is 12. The maximum absolute atomic E-state index is 15.1. The summed E-state index contributed by atoms with van der Waals surface area (Å²) in [5, 5.41) is 59.6. The molecule has 3 heterocycles. The van der Waals surface area contributed by atoms with Crippen LogP contribution in [0.4, 0.5) is 0 Å². The van der Waals surface area contributed by atoms with Crippen LogP contribution in [0.3, 0.4) is 0 Å². The van der Waals surface area contributed by atoms with Gasteiger partial charge < -0.3 is 104 Å². The second-order valence-corrected chi connectivity index (χ2v) is 27.7. The lowest BCUT2D eigenvalue weighted by Gasteiger charge is -2.30. The topological polar surface area (TPSA) is 500 Å². The number of Topliss-reactive ketones (excluding diaryl/α,β-unsaturated/α-hetero) is 1. The zero-order valence-corrected chi connectivity index (χ0v) is 63.5. The number of hydrogen-bond acceptors (Lipinski definition) is 19. The molecule has 1 unspecified atom stereocenters. The lowest BCUT2D eigenvalue weighted by molar-refractivity contribution is -0.146. The summed E-state index contributed by atoms with van der Waals surface area (Å²) in [4.78, 5) is 172. The number of aliphatic hydroxyl groups excluding tert-OH is 2. The summed E-state index contributed by atoms with van der Waals surface area (Å²) >= 11 is 0. The molecule has 11 amide bonds. The van der Waals surface area contributed by atoms with Gasteiger partial charge in [-0.05, 0) is 81.6 Å². The SMILES string of the molecule is CCCCCCCCCCCCCC(=O)NCCOCCOCCNC(=O)COCC(=O)N[C@@H](CO)C(=O)N[C@@H](CCCC)C(=O)NC1C(=O)CCCNCCCC[C@@H](C(N)=O)NC(=O)[C@H](Cc2c[nH]c3ccccc23)NC(=O)[C@H](CCCNC(=N)N)NC(=O)[C@@H](Cc2ccccc2)NC(=O)[C@@H]2C[C@@H](O)CN2C1=O. The third-order valence-electron chi connectivity index (χ3n) is 18.8. The summed E-state index contributed by atoms with van der Waals surface area (Å²) in [6.45, 7) is 3.39. The van der Waals surface area contributed by atoms with E-state index in [-0.39, 0.29) is 109 Å². The fraction of sp³-hybridized carbons (Fsp3) is 0.645. The summed E-state index contributed by atoms with van der Waals surface area (Å²) < 4.78 is 16.3. The van der Waals surface area contributed by atoms with E-state index >= 15 is 4.79 Å². The first kappa shape index (κ1) is 90.5. The lowest BCUT2D eigenvalue weighted by Crippen LogP contribution is -2.61. The van der Waals surface area contributed by atoms with Crippen LogP contribution in [0, 0.1) is 5.41 Å². The quantitative estimate of drug-likeness (QED) is 0.0157. The van der Waals surface area contributed by atoms with Gasteiger partial charge in [0.05, 0.1) is 39.1 Å². The van der Waals surface area contributed by atoms with E-state index in [1.165, 1.54) is 51.4 Å². The Morgan fingerprint density at radius 1 is 0.615 bits per heavy atom. The molecular formula is C76H120N16O17. The Balaban J connectivity index is 1.22. The van der Waals surface area contributed by atoms with Gasteiger partial charge in [0.25, 0.3) is 5.91 Å². The van der Waals surface area contributed by atoms with Crippen molar-refractivity contribution in [3.8, 4) is 0 Å². The number of rotatable bonds is 43. The molecule has 33 heteroatoms. The molecule has 9 atom stereocenters. The molecule has 5 rings (SSSR count). The van der Waals surface area contributed by atoms with Crippen LogP contribution >= 0.6 is 0 Å². The summed E-state index contributed by atoms with van der Waals surface area (Å²) in [6, 6.07) is 3.59. The van der Waals surface area contributed by atoms with Gasteiger partial charge in [-0.2, -0.15) is 0 Å². The lowest BCUT2D eigenvalue weighted by atomic mass is 10.0. The summed E-state index contributed by atoms with van der Waals surface area (Å²) in [5.41, 5.74) is 13.4. The van der Waals surface area contributed by atoms with Gasteiger partial charge in [-0.1, -0.05) is 139 Å². The van der Waals surface area contributed by atoms with Gasteiger partial charge in [-0.15, -0.1) is 0 Å². The van der Waals surface area contributed by atoms with Gasteiger partial charge in [0.2, 0.25) is 59.1 Å². The van der Waals surface area contributed by atoms with Gasteiger partial charge in [-0.3, -0.25) is 62.9 Å². The average molecular weight is 1530 g/mol. The molecule has 33 nitrogen and oxygen atoms in total. The maximum Gasteiger partial charge on any atom is 0.253 e. The molecule has 109 heavy (non-hydrogen) atoms. The van der Waals surface area contributed by atoms with Crippen LogP contribution in [0.5, 0.6) is 0 Å². The Hall–Kier alpha value is -9.15. The Kier molecular flexibility index (Phi) is 43.2. The van der Waals surface area contributed by atoms with E-state index in [4.69, 9.17) is 31.1 Å². The normalized spacial score (nSPS) is 20.0. The minimum Gasteiger partial charge on any atom is -0.394 e. The molecule has 2 fully saturated rings. The molecule has 0 spiro atoms. The van der Waals surface area contributed by atoms with Gasteiger partial charge in [0.15, 0.2) is 17.8 Å². The van der Waals surface area contributed by atoms with Crippen molar-refractivity contribution in [1.82, 2.24) is 68.4 Å². The standard InChI is InChI=1S/C76H120N16O17/c1-3-5-7-8-9-10-11-12-13-14-18-33-64(96)81-37-39-107-41-42-108-40-38-82-65(97)49-109-50-66(98)85-61(48-93)73(104)88-57(28-6-4-2)70(101)91-67-63(95)32-24-35-80-34-22-21-30-56(68(77)99)86-72(103)60(44-52-46-84-55-29-20-19-27-54(52)55)89-69(100)58(31-23-36-83-76(78)79)87-71(102)59(43-51-25-16-15-17-26-51)90-74(105)62-45-53(94)47-92(62)75(67)106/h15-17,19-20,25-27,29,46,53,56-62,67,80,84,93-94H,3-14,18,21-24,28,30-45,47-50H2,1-2H3,(H2,77,99)(H,81,96)(H,82,97)(H,85,98)(H,86,103)(H,87,102)(H,88,104)(H,89,100)(H,90,105)(H,91,101)(H4,78,79,83)/t53-,56+,57+,58+,59-,60+,61+,62+,67?/m1/s1. The number of ether oxygens (including phenoxy) is 3. The number of carbonyl (C=O) groups excluding carboxylic acids is 12. The third kappa shape index (κ3) is 35.0. The van der Waals surface area contributed by atoms with Crippen molar-refractivity contribution in [1.29, 1.82) is 5.41 Å². The van der Waals surface area contributed by atoms with Crippen LogP contribution in [-0.4, -0.2) is 237 Å². The van der Waals surface area contributed by atoms with Gasteiger partial charge >= 0.3 is 0 Å². The number of guanidine groups is 1. The van der Waals surface area contributed by atoms with Crippen molar-refractivity contribution in [2.45, 2.75) is 229 Å². The predicted molar refractivity (Wildman–Crippen MR) is 407 cm³/mol. The molecule has 0 aliphatic carbocycles. The van der Waals surface area contributed by atoms with Crippen molar-refractivity contribution < 1.29 is 82.0 Å². The van der Waals surface area contributed by atoms with Crippen LogP contribution < -0.4 is 70.0 Å². The van der Waals surface area contributed by atoms with E-state index in [9.17, 15) is 63.0 Å². The number of ketones is 1. The number of aromatic nitrogens is 1. The largest absolute Gasteiger partial charge is 0.394 e. The van der Waals surface area contributed by atoms with Crippen molar-refractivity contribution in [2.24, 2.45) is 11.5 Å². The second-order valence-electron chi connectivity index (χ2n) is 27.7. The van der Waals surface area contributed by atoms with Crippen LogP contribution in [0.2, 0.25) is 0 Å². The number of nitrogens with two attached hydrogens (primary N) is 2. The smallest absolute Gasteiger partial charge is 0.253 e. The number of aliphatic hydroxyl groups is 2. The van der Waals surface area contributed by atoms with E-state index in [1.807, 2.05) is 24.3 Å². The van der Waals surface area contributed by atoms with Crippen molar-refractivity contribution in [3.63, 3.8) is 0 Å². The fourth-order valence-corrected chi connectivity index (χ4v) is 12.8. The molecule has 1 aromatic heterocycles. The minimum atomic E-state index is -2.02. The highest BCUT2D eigenvalue weighted by Crippen LogP contribution is 2.23. The molecule has 0 radical (unpaired) electrons. The average Bonchev–Trinajstić information content (AvgIpc) is 1.75. The van der Waals surface area contributed by atoms with Crippen LogP contribution in [0.25, 0.3) is 10.9 Å². The summed E-state index contributed by atoms with van der Waals surface area (Å²) in [7, 11) is 0. The number of nitrogens with zero attached hydrogens (tertiary/aromatic N) is 1. The third-order valence-corrected chi connectivity index (χ3v) is 18.8. The molecule has 2 aliphatic rings. The minimum absolute atomic E-state index is 0.00107.